The molecule has 0 radical (unpaired) electrons. The van der Waals surface area contributed by atoms with Gasteiger partial charge in [0, 0.05) is 17.9 Å². The van der Waals surface area contributed by atoms with E-state index in [2.05, 4.69) is 34.9 Å². The highest BCUT2D eigenvalue weighted by Crippen LogP contribution is 2.33. The van der Waals surface area contributed by atoms with Crippen molar-refractivity contribution in [3.05, 3.63) is 102 Å². The first-order valence-corrected chi connectivity index (χ1v) is 12.1. The fourth-order valence-corrected chi connectivity index (χ4v) is 4.06. The minimum atomic E-state index is -0.761. The number of benzene rings is 4. The summed E-state index contributed by atoms with van der Waals surface area (Å²) in [6, 6.07) is 27.9. The van der Waals surface area contributed by atoms with Crippen molar-refractivity contribution < 1.29 is 20.1 Å². The van der Waals surface area contributed by atoms with Crippen LogP contribution in [0.25, 0.3) is 11.1 Å². The van der Waals surface area contributed by atoms with Crippen LogP contribution in [-0.4, -0.2) is 35.0 Å². The topological polar surface area (TPSA) is 94.0 Å². The molecule has 1 atom stereocenters. The van der Waals surface area contributed by atoms with E-state index < -0.39 is 6.10 Å². The Bertz CT molecular complexity index is 1260. The van der Waals surface area contributed by atoms with Gasteiger partial charge in [-0.3, -0.25) is 0 Å². The Balaban J connectivity index is 1.28. The molecule has 0 aromatic heterocycles. The number of aliphatic hydroxyl groups is 1. The number of hydrogen-bond donors (Lipinski definition) is 5. The molecule has 0 aliphatic rings. The summed E-state index contributed by atoms with van der Waals surface area (Å²) in [7, 11) is 0. The average Bonchev–Trinajstić information content (AvgIpc) is 2.89. The number of nitrogens with one attached hydrogen (secondary N) is 2. The van der Waals surface area contributed by atoms with Crippen molar-refractivity contribution in [1.82, 2.24) is 5.32 Å². The number of hydrogen-bond acceptors (Lipinski definition) is 6. The van der Waals surface area contributed by atoms with Crippen molar-refractivity contribution in [2.45, 2.75) is 19.4 Å². The van der Waals surface area contributed by atoms with Gasteiger partial charge in [-0.2, -0.15) is 0 Å². The molecule has 0 fully saturated rings. The van der Waals surface area contributed by atoms with E-state index in [0.717, 1.165) is 29.1 Å². The zero-order valence-electron chi connectivity index (χ0n) is 20.3. The van der Waals surface area contributed by atoms with Gasteiger partial charge in [-0.25, -0.2) is 0 Å². The van der Waals surface area contributed by atoms with Gasteiger partial charge in [-0.15, -0.1) is 0 Å². The average molecular weight is 485 g/mol. The van der Waals surface area contributed by atoms with E-state index in [-0.39, 0.29) is 11.5 Å². The lowest BCUT2D eigenvalue weighted by Crippen LogP contribution is -2.24. The largest absolute Gasteiger partial charge is 0.508 e. The molecule has 0 aliphatic heterocycles. The van der Waals surface area contributed by atoms with Crippen LogP contribution in [0.5, 0.6) is 17.2 Å². The third-order valence-electron chi connectivity index (χ3n) is 5.89. The zero-order valence-corrected chi connectivity index (χ0v) is 20.3. The third-order valence-corrected chi connectivity index (χ3v) is 5.89. The van der Waals surface area contributed by atoms with E-state index in [1.807, 2.05) is 37.3 Å². The Morgan fingerprint density at radius 3 is 2.19 bits per heavy atom. The van der Waals surface area contributed by atoms with Gasteiger partial charge in [-0.05, 0) is 103 Å². The van der Waals surface area contributed by atoms with Crippen molar-refractivity contribution in [1.29, 1.82) is 0 Å². The molecule has 5 N–H and O–H groups in total. The lowest BCUT2D eigenvalue weighted by atomic mass is 9.95. The molecule has 0 amide bonds. The Labute approximate surface area is 211 Å². The molecule has 6 heteroatoms. The van der Waals surface area contributed by atoms with Crippen LogP contribution in [0, 0.1) is 0 Å². The van der Waals surface area contributed by atoms with Gasteiger partial charge in [0.1, 0.15) is 17.2 Å². The van der Waals surface area contributed by atoms with Crippen molar-refractivity contribution in [2.24, 2.45) is 0 Å². The molecule has 1 unspecified atom stereocenters. The van der Waals surface area contributed by atoms with E-state index in [0.29, 0.717) is 30.8 Å². The maximum Gasteiger partial charge on any atom is 0.119 e. The van der Waals surface area contributed by atoms with Crippen molar-refractivity contribution >= 4 is 11.4 Å². The first-order valence-electron chi connectivity index (χ1n) is 12.1. The van der Waals surface area contributed by atoms with E-state index in [4.69, 9.17) is 4.74 Å². The lowest BCUT2D eigenvalue weighted by Gasteiger charge is -2.17. The van der Waals surface area contributed by atoms with E-state index >= 15 is 0 Å². The van der Waals surface area contributed by atoms with Gasteiger partial charge in [0.25, 0.3) is 0 Å². The monoisotopic (exact) mass is 484 g/mol. The summed E-state index contributed by atoms with van der Waals surface area (Å²) in [4.78, 5) is 0. The predicted octanol–water partition coefficient (Wildman–Crippen LogP) is 5.77. The van der Waals surface area contributed by atoms with Crippen LogP contribution in [-0.2, 0) is 6.42 Å². The van der Waals surface area contributed by atoms with E-state index in [1.54, 1.807) is 36.4 Å². The SMILES string of the molecule is CCOc1ccc(Nc2ccc(CCNCC(O)c3ccc(O)cc3-c3cccc(O)c3)cc2)cc1. The fourth-order valence-electron chi connectivity index (χ4n) is 4.06. The smallest absolute Gasteiger partial charge is 0.119 e. The number of aromatic hydroxyl groups is 2. The predicted molar refractivity (Wildman–Crippen MR) is 144 cm³/mol. The van der Waals surface area contributed by atoms with E-state index in [9.17, 15) is 15.3 Å². The molecule has 0 aliphatic carbocycles. The van der Waals surface area contributed by atoms with Crippen molar-refractivity contribution in [3.63, 3.8) is 0 Å². The number of aliphatic hydroxyl groups excluding tert-OH is 1. The zero-order chi connectivity index (χ0) is 25.3. The molecule has 4 aromatic carbocycles. The van der Waals surface area contributed by atoms with Crippen LogP contribution in [0.15, 0.2) is 91.0 Å². The van der Waals surface area contributed by atoms with Gasteiger partial charge in [-0.1, -0.05) is 30.3 Å². The third kappa shape index (κ3) is 6.78. The second-order valence-electron chi connectivity index (χ2n) is 8.57. The number of rotatable bonds is 11. The summed E-state index contributed by atoms with van der Waals surface area (Å²) < 4.78 is 5.48. The maximum atomic E-state index is 10.8. The maximum absolute atomic E-state index is 10.8. The minimum absolute atomic E-state index is 0.109. The van der Waals surface area contributed by atoms with Crippen LogP contribution in [0.3, 0.4) is 0 Å². The number of ether oxygens (including phenoxy) is 1. The Morgan fingerprint density at radius 1 is 0.806 bits per heavy atom. The van der Waals surface area contributed by atoms with Gasteiger partial charge in [0.05, 0.1) is 12.7 Å². The second kappa shape index (κ2) is 12.1. The molecule has 186 valence electrons. The summed E-state index contributed by atoms with van der Waals surface area (Å²) in [5.41, 5.74) is 5.32. The normalized spacial score (nSPS) is 11.7. The standard InChI is InChI=1S/C30H32N2O4/c1-2-36-27-13-10-24(11-14-27)32-23-8-6-21(7-9-23)16-17-31-20-30(35)28-15-12-26(34)19-29(28)22-4-3-5-25(33)18-22/h3-15,18-19,30-35H,2,16-17,20H2,1H3. The van der Waals surface area contributed by atoms with Crippen molar-refractivity contribution in [2.75, 3.05) is 25.0 Å². The summed E-state index contributed by atoms with van der Waals surface area (Å²) in [6.45, 7) is 3.70. The highest BCUT2D eigenvalue weighted by Gasteiger charge is 2.15. The minimum Gasteiger partial charge on any atom is -0.508 e. The Hall–Kier alpha value is -4.00. The molecule has 4 rings (SSSR count). The molecule has 0 heterocycles. The number of phenolic OH excluding ortho intramolecular Hbond substituents is 2. The van der Waals surface area contributed by atoms with E-state index in [1.165, 1.54) is 5.56 Å². The number of anilines is 2. The van der Waals surface area contributed by atoms with Gasteiger partial charge in [0.15, 0.2) is 0 Å². The Morgan fingerprint density at radius 2 is 1.50 bits per heavy atom. The first-order chi connectivity index (χ1) is 17.5. The molecule has 4 aromatic rings. The van der Waals surface area contributed by atoms with Crippen LogP contribution in [0.2, 0.25) is 0 Å². The van der Waals surface area contributed by atoms with Crippen LogP contribution in [0.4, 0.5) is 11.4 Å². The summed E-state index contributed by atoms with van der Waals surface area (Å²) >= 11 is 0. The quantitative estimate of drug-likeness (QED) is 0.174. The molecule has 0 saturated heterocycles. The number of phenols is 2. The molecule has 0 spiro atoms. The van der Waals surface area contributed by atoms with Crippen LogP contribution >= 0.6 is 0 Å². The van der Waals surface area contributed by atoms with Crippen LogP contribution in [0.1, 0.15) is 24.2 Å². The molecule has 6 nitrogen and oxygen atoms in total. The second-order valence-corrected chi connectivity index (χ2v) is 8.57. The molecular weight excluding hydrogens is 452 g/mol. The summed E-state index contributed by atoms with van der Waals surface area (Å²) in [5.74, 6) is 1.10. The fraction of sp³-hybridized carbons (Fsp3) is 0.200. The highest BCUT2D eigenvalue weighted by molar-refractivity contribution is 5.70. The molecule has 0 saturated carbocycles. The summed E-state index contributed by atoms with van der Waals surface area (Å²) in [6.07, 6.45) is 0.0639. The van der Waals surface area contributed by atoms with Gasteiger partial charge in [0.2, 0.25) is 0 Å². The molecule has 36 heavy (non-hydrogen) atoms. The Kier molecular flexibility index (Phi) is 8.44. The first kappa shape index (κ1) is 25.1. The lowest BCUT2D eigenvalue weighted by molar-refractivity contribution is 0.175. The molecular formula is C30H32N2O4. The van der Waals surface area contributed by atoms with Gasteiger partial charge < -0.3 is 30.7 Å². The highest BCUT2D eigenvalue weighted by atomic mass is 16.5. The van der Waals surface area contributed by atoms with Crippen molar-refractivity contribution in [3.8, 4) is 28.4 Å². The van der Waals surface area contributed by atoms with Crippen LogP contribution < -0.4 is 15.4 Å². The molecule has 0 bridgehead atoms. The van der Waals surface area contributed by atoms with Gasteiger partial charge >= 0.3 is 0 Å². The summed E-state index contributed by atoms with van der Waals surface area (Å²) in [5, 5.41) is 37.3.